The summed E-state index contributed by atoms with van der Waals surface area (Å²) < 4.78 is 12.3. The van der Waals surface area contributed by atoms with Gasteiger partial charge in [-0.25, -0.2) is 9.59 Å². The number of hydrogen-bond acceptors (Lipinski definition) is 5. The average Bonchev–Trinajstić information content (AvgIpc) is 2.94. The molecule has 0 amide bonds. The molecule has 1 N–H and O–H groups in total. The fourth-order valence-electron chi connectivity index (χ4n) is 4.45. The first-order chi connectivity index (χ1) is 18.9. The minimum absolute atomic E-state index is 0.107. The van der Waals surface area contributed by atoms with Crippen molar-refractivity contribution in [2.24, 2.45) is 0 Å². The van der Waals surface area contributed by atoms with Crippen molar-refractivity contribution in [1.29, 1.82) is 0 Å². The van der Waals surface area contributed by atoms with Crippen LogP contribution in [-0.2, 0) is 19.1 Å². The molecule has 0 saturated heterocycles. The first kappa shape index (κ1) is 28.1. The van der Waals surface area contributed by atoms with Gasteiger partial charge >= 0.3 is 11.9 Å². The van der Waals surface area contributed by atoms with Gasteiger partial charge in [-0.1, -0.05) is 84.9 Å². The second-order valence-electron chi connectivity index (χ2n) is 9.01. The van der Waals surface area contributed by atoms with Crippen LogP contribution in [0.3, 0.4) is 0 Å². The van der Waals surface area contributed by atoms with Gasteiger partial charge in [0, 0.05) is 15.0 Å². The number of carbonyl (C=O) groups excluding carboxylic acids is 2. The summed E-state index contributed by atoms with van der Waals surface area (Å²) >= 11 is 2.23. The molecule has 0 aliphatic carbocycles. The maximum atomic E-state index is 13.4. The topological polar surface area (TPSA) is 64.6 Å². The van der Waals surface area contributed by atoms with E-state index in [9.17, 15) is 9.59 Å². The number of halogens is 1. The molecule has 0 radical (unpaired) electrons. The third kappa shape index (κ3) is 7.57. The highest BCUT2D eigenvalue weighted by molar-refractivity contribution is 14.1. The Hall–Kier alpha value is -3.91. The normalized spacial score (nSPS) is 14.1. The minimum Gasteiger partial charge on any atom is -0.458 e. The molecule has 39 heavy (non-hydrogen) atoms. The van der Waals surface area contributed by atoms with Gasteiger partial charge in [0.1, 0.15) is 13.2 Å². The van der Waals surface area contributed by atoms with Gasteiger partial charge in [-0.15, -0.1) is 0 Å². The van der Waals surface area contributed by atoms with Crippen LogP contribution in [0.25, 0.3) is 12.2 Å². The van der Waals surface area contributed by atoms with E-state index in [1.165, 1.54) is 0 Å². The number of esters is 2. The number of nitrogens with one attached hydrogen (secondary N) is 1. The molecular weight excluding hydrogens is 601 g/mol. The van der Waals surface area contributed by atoms with Crippen LogP contribution in [0.15, 0.2) is 120 Å². The number of rotatable bonds is 9. The molecule has 1 aliphatic rings. The molecule has 0 spiro atoms. The molecule has 0 fully saturated rings. The lowest BCUT2D eigenvalue weighted by molar-refractivity contribution is -0.138. The summed E-state index contributed by atoms with van der Waals surface area (Å²) in [6.45, 7) is 3.86. The molecule has 0 bridgehead atoms. The second-order valence-corrected chi connectivity index (χ2v) is 10.3. The van der Waals surface area contributed by atoms with E-state index in [-0.39, 0.29) is 13.2 Å². The number of allylic oxidation sites excluding steroid dienone is 2. The fraction of sp³-hybridized carbons (Fsp3) is 0.152. The summed E-state index contributed by atoms with van der Waals surface area (Å²) in [5.74, 6) is -1.59. The van der Waals surface area contributed by atoms with E-state index < -0.39 is 17.9 Å². The van der Waals surface area contributed by atoms with Gasteiger partial charge in [0.25, 0.3) is 0 Å². The van der Waals surface area contributed by atoms with Crippen LogP contribution in [0, 0.1) is 3.57 Å². The Balaban J connectivity index is 1.55. The highest BCUT2D eigenvalue weighted by Gasteiger charge is 2.38. The Bertz CT molecular complexity index is 1350. The highest BCUT2D eigenvalue weighted by atomic mass is 127. The summed E-state index contributed by atoms with van der Waals surface area (Å²) in [6.07, 6.45) is 7.41. The molecule has 198 valence electrons. The number of dihydropyridines is 1. The maximum Gasteiger partial charge on any atom is 0.337 e. The average molecular weight is 632 g/mol. The Labute approximate surface area is 243 Å². The van der Waals surface area contributed by atoms with E-state index in [2.05, 4.69) is 27.9 Å². The first-order valence-electron chi connectivity index (χ1n) is 12.7. The van der Waals surface area contributed by atoms with Crippen molar-refractivity contribution < 1.29 is 19.1 Å². The van der Waals surface area contributed by atoms with Gasteiger partial charge in [-0.2, -0.15) is 0 Å². The standard InChI is InChI=1S/C33H30INO4/c1-23-29(32(36)38-20-10-16-25-12-5-3-6-13-25)31(27-18-9-19-28(34)22-27)30(24(2)35-23)33(37)39-21-11-17-26-14-7-4-8-15-26/h3-19,22,31,35H,20-21H2,1-2H3/b16-10+,17-11+. The Morgan fingerprint density at radius 1 is 0.744 bits per heavy atom. The van der Waals surface area contributed by atoms with Gasteiger partial charge in [-0.3, -0.25) is 0 Å². The molecule has 1 heterocycles. The predicted octanol–water partition coefficient (Wildman–Crippen LogP) is 7.04. The number of ether oxygens (including phenoxy) is 2. The van der Waals surface area contributed by atoms with E-state index in [4.69, 9.17) is 9.47 Å². The van der Waals surface area contributed by atoms with Crippen molar-refractivity contribution in [3.63, 3.8) is 0 Å². The van der Waals surface area contributed by atoms with E-state index in [0.717, 1.165) is 20.3 Å². The molecular formula is C33H30INO4. The van der Waals surface area contributed by atoms with Crippen LogP contribution in [-0.4, -0.2) is 25.2 Å². The smallest absolute Gasteiger partial charge is 0.337 e. The molecule has 3 aromatic carbocycles. The Morgan fingerprint density at radius 3 is 1.69 bits per heavy atom. The summed E-state index contributed by atoms with van der Waals surface area (Å²) in [5.41, 5.74) is 4.93. The largest absolute Gasteiger partial charge is 0.458 e. The van der Waals surface area contributed by atoms with Gasteiger partial charge in [0.2, 0.25) is 0 Å². The lowest BCUT2D eigenvalue weighted by Gasteiger charge is -2.30. The number of carbonyl (C=O) groups is 2. The summed E-state index contributed by atoms with van der Waals surface area (Å²) in [7, 11) is 0. The molecule has 0 saturated carbocycles. The molecule has 5 nitrogen and oxygen atoms in total. The van der Waals surface area contributed by atoms with Crippen LogP contribution in [0.2, 0.25) is 0 Å². The molecule has 3 aromatic rings. The van der Waals surface area contributed by atoms with Crippen LogP contribution in [0.1, 0.15) is 36.5 Å². The van der Waals surface area contributed by atoms with Crippen LogP contribution in [0.5, 0.6) is 0 Å². The van der Waals surface area contributed by atoms with Crippen molar-refractivity contribution in [2.75, 3.05) is 13.2 Å². The van der Waals surface area contributed by atoms with Crippen LogP contribution >= 0.6 is 22.6 Å². The Kier molecular flexibility index (Phi) is 9.91. The first-order valence-corrected chi connectivity index (χ1v) is 13.7. The van der Waals surface area contributed by atoms with Crippen LogP contribution in [0.4, 0.5) is 0 Å². The maximum absolute atomic E-state index is 13.4. The zero-order valence-corrected chi connectivity index (χ0v) is 24.1. The van der Waals surface area contributed by atoms with Gasteiger partial charge in [-0.05, 0) is 77.4 Å². The van der Waals surface area contributed by atoms with Crippen molar-refractivity contribution >= 4 is 46.7 Å². The SMILES string of the molecule is CC1=C(C(=O)OC/C=C/c2ccccc2)C(c2cccc(I)c2)C(C(=O)OC/C=C/c2ccccc2)=C(C)N1. The zero-order valence-electron chi connectivity index (χ0n) is 21.9. The molecule has 1 aliphatic heterocycles. The van der Waals surface area contributed by atoms with Gasteiger partial charge in [0.15, 0.2) is 0 Å². The molecule has 0 aromatic heterocycles. The summed E-state index contributed by atoms with van der Waals surface area (Å²) in [5, 5.41) is 3.21. The van der Waals surface area contributed by atoms with Crippen LogP contribution < -0.4 is 5.32 Å². The van der Waals surface area contributed by atoms with E-state index in [1.807, 2.05) is 111 Å². The Morgan fingerprint density at radius 2 is 1.23 bits per heavy atom. The zero-order chi connectivity index (χ0) is 27.6. The van der Waals surface area contributed by atoms with E-state index >= 15 is 0 Å². The third-order valence-electron chi connectivity index (χ3n) is 6.22. The lowest BCUT2D eigenvalue weighted by Crippen LogP contribution is -2.32. The van der Waals surface area contributed by atoms with E-state index in [0.29, 0.717) is 22.5 Å². The molecule has 0 atom stereocenters. The van der Waals surface area contributed by atoms with E-state index in [1.54, 1.807) is 12.2 Å². The van der Waals surface area contributed by atoms with Crippen molar-refractivity contribution in [2.45, 2.75) is 19.8 Å². The molecule has 4 rings (SSSR count). The van der Waals surface area contributed by atoms with Gasteiger partial charge in [0.05, 0.1) is 17.1 Å². The molecule has 6 heteroatoms. The number of hydrogen-bond donors (Lipinski definition) is 1. The quantitative estimate of drug-likeness (QED) is 0.203. The monoisotopic (exact) mass is 631 g/mol. The number of benzene rings is 3. The van der Waals surface area contributed by atoms with Gasteiger partial charge < -0.3 is 14.8 Å². The third-order valence-corrected chi connectivity index (χ3v) is 6.89. The summed E-state index contributed by atoms with van der Waals surface area (Å²) in [6, 6.07) is 27.4. The molecule has 0 unspecified atom stereocenters. The minimum atomic E-state index is -0.628. The highest BCUT2D eigenvalue weighted by Crippen LogP contribution is 2.39. The second kappa shape index (κ2) is 13.8. The fourth-order valence-corrected chi connectivity index (χ4v) is 5.02. The van der Waals surface area contributed by atoms with Crippen molar-refractivity contribution in [3.05, 3.63) is 140 Å². The predicted molar refractivity (Wildman–Crippen MR) is 163 cm³/mol. The van der Waals surface area contributed by atoms with Crippen molar-refractivity contribution in [1.82, 2.24) is 5.32 Å². The summed E-state index contributed by atoms with van der Waals surface area (Å²) in [4.78, 5) is 26.9. The van der Waals surface area contributed by atoms with Crippen molar-refractivity contribution in [3.8, 4) is 0 Å². The lowest BCUT2D eigenvalue weighted by atomic mass is 9.80.